The van der Waals surface area contributed by atoms with Crippen molar-refractivity contribution in [3.8, 4) is 0 Å². The lowest BCUT2D eigenvalue weighted by Gasteiger charge is -2.04. The van der Waals surface area contributed by atoms with Crippen molar-refractivity contribution in [2.24, 2.45) is 0 Å². The quantitative estimate of drug-likeness (QED) is 0.805. The number of hydrogen-bond donors (Lipinski definition) is 1. The molecule has 1 aromatic heterocycles. The molecule has 0 saturated heterocycles. The fourth-order valence-corrected chi connectivity index (χ4v) is 1.96. The number of rotatable bonds is 2. The van der Waals surface area contributed by atoms with Crippen LogP contribution in [-0.2, 0) is 0 Å². The van der Waals surface area contributed by atoms with E-state index in [2.05, 4.69) is 4.98 Å². The van der Waals surface area contributed by atoms with E-state index in [1.165, 1.54) is 18.0 Å². The molecule has 70 valence electrons. The van der Waals surface area contributed by atoms with Crippen LogP contribution < -0.4 is 0 Å². The molecule has 1 heterocycles. The summed E-state index contributed by atoms with van der Waals surface area (Å²) in [5, 5.41) is 9.36. The van der Waals surface area contributed by atoms with Crippen molar-refractivity contribution in [1.82, 2.24) is 4.98 Å². The molecule has 0 aliphatic rings. The van der Waals surface area contributed by atoms with Crippen LogP contribution in [0.4, 0.5) is 0 Å². The fraction of sp³-hybridized carbons (Fsp3) is 0.143. The summed E-state index contributed by atoms with van der Waals surface area (Å²) in [4.78, 5) is 14.6. The molecule has 0 radical (unpaired) electrons. The number of carboxylic acid groups (broad SMARTS) is 1. The Morgan fingerprint density at radius 2 is 2.23 bits per heavy atom. The van der Waals surface area contributed by atoms with E-state index < -0.39 is 5.97 Å². The summed E-state index contributed by atoms with van der Waals surface area (Å²) in [6.07, 6.45) is 3.04. The Morgan fingerprint density at radius 3 is 2.69 bits per heavy atom. The lowest BCUT2D eigenvalue weighted by molar-refractivity contribution is 0.0697. The number of pyridine rings is 1. The van der Waals surface area contributed by atoms with Gasteiger partial charge in [0, 0.05) is 6.20 Å². The van der Waals surface area contributed by atoms with Gasteiger partial charge in [0.15, 0.2) is 0 Å². The van der Waals surface area contributed by atoms with E-state index in [1.54, 1.807) is 6.26 Å². The van der Waals surface area contributed by atoms with Crippen molar-refractivity contribution in [3.05, 3.63) is 21.8 Å². The average Bonchev–Trinajstić information content (AvgIpc) is 2.04. The number of aromatic carboxylic acids is 1. The fourth-order valence-electron chi connectivity index (χ4n) is 0.787. The molecule has 1 rings (SSSR count). The van der Waals surface area contributed by atoms with Crippen LogP contribution in [0.15, 0.2) is 11.2 Å². The topological polar surface area (TPSA) is 50.2 Å². The standard InChI is InChI=1S/C7H5Cl2NO2S/c1-13-6-5(9)4(7(11)12)3(8)2-10-6/h2H,1H3,(H,11,12). The molecule has 3 nitrogen and oxygen atoms in total. The maximum absolute atomic E-state index is 10.7. The Bertz CT molecular complexity index is 357. The molecule has 0 saturated carbocycles. The summed E-state index contributed by atoms with van der Waals surface area (Å²) in [5.41, 5.74) is -0.0947. The third-order valence-corrected chi connectivity index (χ3v) is 2.81. The van der Waals surface area contributed by atoms with E-state index in [0.717, 1.165) is 0 Å². The SMILES string of the molecule is CSc1ncc(Cl)c(C(=O)O)c1Cl. The smallest absolute Gasteiger partial charge is 0.338 e. The third kappa shape index (κ3) is 2.07. The first-order chi connectivity index (χ1) is 6.07. The Kier molecular flexibility index (Phi) is 3.41. The van der Waals surface area contributed by atoms with E-state index in [9.17, 15) is 4.79 Å². The van der Waals surface area contributed by atoms with Crippen molar-refractivity contribution in [1.29, 1.82) is 0 Å². The Hall–Kier alpha value is -0.450. The molecule has 0 aliphatic heterocycles. The monoisotopic (exact) mass is 237 g/mol. The number of carbonyl (C=O) groups is 1. The van der Waals surface area contributed by atoms with E-state index in [1.807, 2.05) is 0 Å². The van der Waals surface area contributed by atoms with Gasteiger partial charge < -0.3 is 5.11 Å². The van der Waals surface area contributed by atoms with Gasteiger partial charge in [-0.2, -0.15) is 0 Å². The first kappa shape index (κ1) is 10.6. The number of halogens is 2. The summed E-state index contributed by atoms with van der Waals surface area (Å²) in [7, 11) is 0. The molecule has 0 unspecified atom stereocenters. The van der Waals surface area contributed by atoms with Gasteiger partial charge in [-0.25, -0.2) is 9.78 Å². The number of thioether (sulfide) groups is 1. The van der Waals surface area contributed by atoms with Crippen molar-refractivity contribution >= 4 is 40.9 Å². The predicted octanol–water partition coefficient (Wildman–Crippen LogP) is 2.81. The number of aromatic nitrogens is 1. The van der Waals surface area contributed by atoms with Crippen LogP contribution >= 0.6 is 35.0 Å². The number of nitrogens with zero attached hydrogens (tertiary/aromatic N) is 1. The predicted molar refractivity (Wildman–Crippen MR) is 53.0 cm³/mol. The van der Waals surface area contributed by atoms with Crippen LogP contribution in [-0.4, -0.2) is 22.3 Å². The first-order valence-corrected chi connectivity index (χ1v) is 5.17. The molecule has 0 bridgehead atoms. The molecule has 0 amide bonds. The van der Waals surface area contributed by atoms with Gasteiger partial charge >= 0.3 is 5.97 Å². The summed E-state index contributed by atoms with van der Waals surface area (Å²) >= 11 is 12.6. The van der Waals surface area contributed by atoms with Gasteiger partial charge in [0.1, 0.15) is 10.6 Å². The van der Waals surface area contributed by atoms with Gasteiger partial charge in [0.25, 0.3) is 0 Å². The van der Waals surface area contributed by atoms with E-state index in [0.29, 0.717) is 5.03 Å². The van der Waals surface area contributed by atoms with Gasteiger partial charge in [-0.05, 0) is 6.26 Å². The van der Waals surface area contributed by atoms with Crippen LogP contribution in [0.5, 0.6) is 0 Å². The summed E-state index contributed by atoms with van der Waals surface area (Å²) in [6, 6.07) is 0. The van der Waals surface area contributed by atoms with E-state index in [4.69, 9.17) is 28.3 Å². The summed E-state index contributed by atoms with van der Waals surface area (Å²) in [6.45, 7) is 0. The molecule has 0 aromatic carbocycles. The van der Waals surface area contributed by atoms with Crippen LogP contribution in [0.25, 0.3) is 0 Å². The maximum atomic E-state index is 10.7. The Morgan fingerprint density at radius 1 is 1.62 bits per heavy atom. The largest absolute Gasteiger partial charge is 0.478 e. The van der Waals surface area contributed by atoms with E-state index in [-0.39, 0.29) is 15.6 Å². The van der Waals surface area contributed by atoms with Crippen molar-refractivity contribution in [2.75, 3.05) is 6.26 Å². The van der Waals surface area contributed by atoms with Crippen LogP contribution in [0.2, 0.25) is 10.0 Å². The Labute approximate surface area is 89.1 Å². The molecule has 6 heteroatoms. The van der Waals surface area contributed by atoms with Gasteiger partial charge in [-0.1, -0.05) is 23.2 Å². The second-order valence-electron chi connectivity index (χ2n) is 2.11. The zero-order chi connectivity index (χ0) is 10.0. The summed E-state index contributed by atoms with van der Waals surface area (Å²) in [5.74, 6) is -1.15. The highest BCUT2D eigenvalue weighted by Crippen LogP contribution is 2.30. The van der Waals surface area contributed by atoms with Crippen LogP contribution in [0, 0.1) is 0 Å². The summed E-state index contributed by atoms with van der Waals surface area (Å²) < 4.78 is 0. The highest BCUT2D eigenvalue weighted by atomic mass is 35.5. The highest BCUT2D eigenvalue weighted by molar-refractivity contribution is 7.98. The molecule has 0 aliphatic carbocycles. The molecule has 1 aromatic rings. The van der Waals surface area contributed by atoms with Gasteiger partial charge in [-0.15, -0.1) is 11.8 Å². The van der Waals surface area contributed by atoms with Crippen molar-refractivity contribution < 1.29 is 9.90 Å². The van der Waals surface area contributed by atoms with E-state index >= 15 is 0 Å². The second-order valence-corrected chi connectivity index (χ2v) is 3.69. The first-order valence-electron chi connectivity index (χ1n) is 3.19. The zero-order valence-corrected chi connectivity index (χ0v) is 8.87. The van der Waals surface area contributed by atoms with Gasteiger partial charge in [0.05, 0.1) is 10.0 Å². The maximum Gasteiger partial charge on any atom is 0.338 e. The molecule has 0 atom stereocenters. The number of hydrogen-bond acceptors (Lipinski definition) is 3. The molecular formula is C7H5Cl2NO2S. The Balaban J connectivity index is 3.38. The minimum atomic E-state index is -1.15. The molecule has 1 N–H and O–H groups in total. The van der Waals surface area contributed by atoms with Gasteiger partial charge in [0.2, 0.25) is 0 Å². The zero-order valence-electron chi connectivity index (χ0n) is 6.54. The van der Waals surface area contributed by atoms with Gasteiger partial charge in [-0.3, -0.25) is 0 Å². The van der Waals surface area contributed by atoms with Crippen LogP contribution in [0.1, 0.15) is 10.4 Å². The van der Waals surface area contributed by atoms with Crippen LogP contribution in [0.3, 0.4) is 0 Å². The third-order valence-electron chi connectivity index (χ3n) is 1.35. The highest BCUT2D eigenvalue weighted by Gasteiger charge is 2.17. The van der Waals surface area contributed by atoms with Crippen molar-refractivity contribution in [3.63, 3.8) is 0 Å². The molecule has 0 spiro atoms. The molecule has 13 heavy (non-hydrogen) atoms. The molecular weight excluding hydrogens is 233 g/mol. The lowest BCUT2D eigenvalue weighted by Crippen LogP contribution is -2.00. The normalized spacial score (nSPS) is 10.1. The number of carboxylic acids is 1. The second kappa shape index (κ2) is 4.17. The minimum absolute atomic E-state index is 0.0512. The average molecular weight is 238 g/mol. The minimum Gasteiger partial charge on any atom is -0.478 e. The molecule has 0 fully saturated rings. The lowest BCUT2D eigenvalue weighted by atomic mass is 10.3. The van der Waals surface area contributed by atoms with Crippen molar-refractivity contribution in [2.45, 2.75) is 5.03 Å².